The molecule has 1 heterocycles. The quantitative estimate of drug-likeness (QED) is 0.625. The van der Waals surface area contributed by atoms with Crippen LogP contribution >= 0.6 is 0 Å². The van der Waals surface area contributed by atoms with Crippen LogP contribution in [0.4, 0.5) is 0 Å². The van der Waals surface area contributed by atoms with Crippen molar-refractivity contribution in [1.29, 1.82) is 0 Å². The van der Waals surface area contributed by atoms with Crippen LogP contribution in [0.25, 0.3) is 10.9 Å². The Morgan fingerprint density at radius 3 is 2.65 bits per heavy atom. The maximum absolute atomic E-state index is 12.1. The number of carbonyl (C=O) groups excluding carboxylic acids is 1. The molecule has 0 bridgehead atoms. The van der Waals surface area contributed by atoms with Gasteiger partial charge in [-0.25, -0.2) is 0 Å². The molecule has 1 unspecified atom stereocenters. The number of benzene rings is 1. The van der Waals surface area contributed by atoms with E-state index in [-0.39, 0.29) is 11.9 Å². The number of nitrogens with zero attached hydrogens (tertiary/aromatic N) is 1. The van der Waals surface area contributed by atoms with E-state index in [0.29, 0.717) is 13.2 Å². The van der Waals surface area contributed by atoms with E-state index in [1.807, 2.05) is 30.3 Å². The van der Waals surface area contributed by atoms with E-state index in [4.69, 9.17) is 9.47 Å². The molecule has 1 aromatic carbocycles. The highest BCUT2D eigenvalue weighted by Crippen LogP contribution is 2.49. The maximum Gasteiger partial charge on any atom is 0.309 e. The van der Waals surface area contributed by atoms with Crippen LogP contribution in [0.15, 0.2) is 36.5 Å². The van der Waals surface area contributed by atoms with Crippen LogP contribution in [0.5, 0.6) is 5.75 Å². The van der Waals surface area contributed by atoms with Crippen LogP contribution in [-0.2, 0) is 9.53 Å². The Morgan fingerprint density at radius 2 is 1.87 bits per heavy atom. The number of hydrogen-bond donors (Lipinski definition) is 0. The summed E-state index contributed by atoms with van der Waals surface area (Å²) in [7, 11) is 0. The summed E-state index contributed by atoms with van der Waals surface area (Å²) in [6.45, 7) is 0.681. The molecule has 23 heavy (non-hydrogen) atoms. The summed E-state index contributed by atoms with van der Waals surface area (Å²) in [4.78, 5) is 16.4. The van der Waals surface area contributed by atoms with Gasteiger partial charge >= 0.3 is 5.97 Å². The minimum absolute atomic E-state index is 0.0393. The number of esters is 1. The fraction of sp³-hybridized carbons (Fsp3) is 0.474. The average Bonchev–Trinajstić information content (AvgIpc) is 2.86. The number of pyridine rings is 1. The largest absolute Gasteiger partial charge is 0.489 e. The number of ether oxygens (including phenoxy) is 2. The van der Waals surface area contributed by atoms with Crippen molar-refractivity contribution in [2.45, 2.75) is 25.7 Å². The van der Waals surface area contributed by atoms with Crippen molar-refractivity contribution < 1.29 is 14.3 Å². The Bertz CT molecular complexity index is 697. The zero-order chi connectivity index (χ0) is 15.6. The second-order valence-electron chi connectivity index (χ2n) is 6.61. The van der Waals surface area contributed by atoms with Crippen LogP contribution in [0.1, 0.15) is 25.7 Å². The van der Waals surface area contributed by atoms with Crippen molar-refractivity contribution in [3.63, 3.8) is 0 Å². The predicted octanol–water partition coefficient (Wildman–Crippen LogP) is 3.59. The molecule has 2 aliphatic rings. The Morgan fingerprint density at radius 1 is 1.09 bits per heavy atom. The van der Waals surface area contributed by atoms with Gasteiger partial charge in [-0.1, -0.05) is 12.1 Å². The molecule has 0 saturated heterocycles. The smallest absolute Gasteiger partial charge is 0.309 e. The Kier molecular flexibility index (Phi) is 3.90. The first-order chi connectivity index (χ1) is 11.3. The van der Waals surface area contributed by atoms with Crippen molar-refractivity contribution in [2.24, 2.45) is 17.8 Å². The summed E-state index contributed by atoms with van der Waals surface area (Å²) < 4.78 is 11.2. The Labute approximate surface area is 135 Å². The highest BCUT2D eigenvalue weighted by atomic mass is 16.6. The highest BCUT2D eigenvalue weighted by molar-refractivity contribution is 5.84. The molecule has 4 nitrogen and oxygen atoms in total. The van der Waals surface area contributed by atoms with E-state index in [2.05, 4.69) is 4.98 Å². The normalized spacial score (nSPS) is 25.7. The standard InChI is InChI=1S/C19H21NO3/c21-19(15-11-13-5-6-14(13)12-15)23-10-9-22-18-7-8-20-17-4-2-1-3-16(17)18/h1-4,7-8,13-15H,5-6,9-12H2/t13-,14+,15?. The molecule has 0 amide bonds. The lowest BCUT2D eigenvalue weighted by Gasteiger charge is -2.29. The minimum atomic E-state index is -0.0393. The van der Waals surface area contributed by atoms with Gasteiger partial charge in [0.25, 0.3) is 0 Å². The molecule has 4 heteroatoms. The zero-order valence-electron chi connectivity index (χ0n) is 13.1. The van der Waals surface area contributed by atoms with E-state index >= 15 is 0 Å². The molecule has 3 atom stereocenters. The zero-order valence-corrected chi connectivity index (χ0v) is 13.1. The summed E-state index contributed by atoms with van der Waals surface area (Å²) in [5.41, 5.74) is 0.906. The number of rotatable bonds is 5. The number of carbonyl (C=O) groups is 1. The van der Waals surface area contributed by atoms with E-state index < -0.39 is 0 Å². The summed E-state index contributed by atoms with van der Waals surface area (Å²) in [6, 6.07) is 9.70. The third-order valence-corrected chi connectivity index (χ3v) is 5.28. The van der Waals surface area contributed by atoms with Crippen molar-refractivity contribution >= 4 is 16.9 Å². The summed E-state index contributed by atoms with van der Waals surface area (Å²) in [6.07, 6.45) is 6.38. The van der Waals surface area contributed by atoms with Crippen LogP contribution in [0.3, 0.4) is 0 Å². The molecule has 2 aromatic rings. The molecule has 4 rings (SSSR count). The van der Waals surface area contributed by atoms with Crippen LogP contribution in [-0.4, -0.2) is 24.2 Å². The first-order valence-corrected chi connectivity index (χ1v) is 8.44. The monoisotopic (exact) mass is 311 g/mol. The molecule has 0 radical (unpaired) electrons. The summed E-state index contributed by atoms with van der Waals surface area (Å²) in [5.74, 6) is 2.43. The van der Waals surface area contributed by atoms with Crippen LogP contribution in [0.2, 0.25) is 0 Å². The van der Waals surface area contributed by atoms with Crippen LogP contribution in [0, 0.1) is 17.8 Å². The molecule has 2 fully saturated rings. The SMILES string of the molecule is O=C(OCCOc1ccnc2ccccc12)C1C[C@H]2CC[C@H]2C1. The van der Waals surface area contributed by atoms with Crippen molar-refractivity contribution in [3.05, 3.63) is 36.5 Å². The van der Waals surface area contributed by atoms with Gasteiger partial charge < -0.3 is 9.47 Å². The molecule has 1 aromatic heterocycles. The first-order valence-electron chi connectivity index (χ1n) is 8.44. The number of para-hydroxylation sites is 1. The summed E-state index contributed by atoms with van der Waals surface area (Å²) >= 11 is 0. The molecule has 0 N–H and O–H groups in total. The van der Waals surface area contributed by atoms with E-state index in [1.54, 1.807) is 6.20 Å². The lowest BCUT2D eigenvalue weighted by Crippen LogP contribution is -2.18. The molecule has 2 aliphatic carbocycles. The molecular weight excluding hydrogens is 290 g/mol. The lowest BCUT2D eigenvalue weighted by molar-refractivity contribution is -0.149. The number of aromatic nitrogens is 1. The van der Waals surface area contributed by atoms with E-state index in [9.17, 15) is 4.79 Å². The van der Waals surface area contributed by atoms with Crippen molar-refractivity contribution in [1.82, 2.24) is 4.98 Å². The third kappa shape index (κ3) is 2.90. The fourth-order valence-corrected chi connectivity index (χ4v) is 3.89. The van der Waals surface area contributed by atoms with Gasteiger partial charge in [0.1, 0.15) is 19.0 Å². The van der Waals surface area contributed by atoms with Gasteiger partial charge in [-0.05, 0) is 55.7 Å². The summed E-state index contributed by atoms with van der Waals surface area (Å²) in [5, 5.41) is 0.980. The van der Waals surface area contributed by atoms with Gasteiger partial charge in [-0.3, -0.25) is 9.78 Å². The van der Waals surface area contributed by atoms with Gasteiger partial charge in [0.05, 0.1) is 11.4 Å². The second-order valence-corrected chi connectivity index (χ2v) is 6.61. The second kappa shape index (κ2) is 6.19. The van der Waals surface area contributed by atoms with Crippen molar-refractivity contribution in [2.75, 3.05) is 13.2 Å². The number of hydrogen-bond acceptors (Lipinski definition) is 4. The molecule has 120 valence electrons. The average molecular weight is 311 g/mol. The Balaban J connectivity index is 1.27. The minimum Gasteiger partial charge on any atom is -0.489 e. The van der Waals surface area contributed by atoms with E-state index in [1.165, 1.54) is 12.8 Å². The molecular formula is C19H21NO3. The van der Waals surface area contributed by atoms with E-state index in [0.717, 1.165) is 41.3 Å². The highest BCUT2D eigenvalue weighted by Gasteiger charge is 2.43. The van der Waals surface area contributed by atoms with Crippen LogP contribution < -0.4 is 4.74 Å². The third-order valence-electron chi connectivity index (χ3n) is 5.28. The topological polar surface area (TPSA) is 48.4 Å². The van der Waals surface area contributed by atoms with Gasteiger partial charge in [-0.15, -0.1) is 0 Å². The van der Waals surface area contributed by atoms with Gasteiger partial charge in [0.15, 0.2) is 0 Å². The predicted molar refractivity (Wildman–Crippen MR) is 87.1 cm³/mol. The lowest BCUT2D eigenvalue weighted by atomic mass is 9.77. The fourth-order valence-electron chi connectivity index (χ4n) is 3.89. The van der Waals surface area contributed by atoms with Gasteiger partial charge in [0.2, 0.25) is 0 Å². The number of fused-ring (bicyclic) bond motifs is 2. The maximum atomic E-state index is 12.1. The Hall–Kier alpha value is -2.10. The van der Waals surface area contributed by atoms with Gasteiger partial charge in [0, 0.05) is 11.6 Å². The molecule has 0 spiro atoms. The molecule has 2 saturated carbocycles. The van der Waals surface area contributed by atoms with Crippen molar-refractivity contribution in [3.8, 4) is 5.75 Å². The first kappa shape index (κ1) is 14.5. The van der Waals surface area contributed by atoms with Gasteiger partial charge in [-0.2, -0.15) is 0 Å². The molecule has 0 aliphatic heterocycles.